The fraction of sp³-hybridized carbons (Fsp3) is 0.259. The van der Waals surface area contributed by atoms with Gasteiger partial charge in [0.15, 0.2) is 29.0 Å². The summed E-state index contributed by atoms with van der Waals surface area (Å²) < 4.78 is 13.7. The zero-order valence-electron chi connectivity index (χ0n) is 21.3. The molecule has 12 nitrogen and oxygen atoms in total. The molecule has 0 saturated carbocycles. The number of rotatable bonds is 8. The highest BCUT2D eigenvalue weighted by atomic mass is 127. The number of aliphatic hydroxyl groups excluding tert-OH is 3. The Balaban J connectivity index is 1.45. The minimum absolute atomic E-state index is 0.342. The van der Waals surface area contributed by atoms with Crippen molar-refractivity contribution in [1.29, 1.82) is 0 Å². The van der Waals surface area contributed by atoms with Crippen molar-refractivity contribution in [3.8, 4) is 28.4 Å². The van der Waals surface area contributed by atoms with Crippen LogP contribution >= 0.6 is 22.6 Å². The van der Waals surface area contributed by atoms with Crippen molar-refractivity contribution in [2.24, 2.45) is 0 Å². The average Bonchev–Trinajstić information content (AvgIpc) is 3.70. The average molecular weight is 655 g/mol. The van der Waals surface area contributed by atoms with E-state index in [9.17, 15) is 15.3 Å². The van der Waals surface area contributed by atoms with E-state index >= 15 is 0 Å². The summed E-state index contributed by atoms with van der Waals surface area (Å²) in [4.78, 5) is 14.1. The fourth-order valence-electron chi connectivity index (χ4n) is 4.73. The van der Waals surface area contributed by atoms with Gasteiger partial charge < -0.3 is 30.1 Å². The van der Waals surface area contributed by atoms with Crippen LogP contribution in [0.1, 0.15) is 11.8 Å². The number of aliphatic hydroxyl groups is 3. The zero-order valence-corrected chi connectivity index (χ0v) is 23.4. The summed E-state index contributed by atoms with van der Waals surface area (Å²) in [6.45, 7) is 0.0427. The summed E-state index contributed by atoms with van der Waals surface area (Å²) in [5.41, 5.74) is 4.14. The second-order valence-electron chi connectivity index (χ2n) is 9.32. The van der Waals surface area contributed by atoms with Gasteiger partial charge in [0, 0.05) is 15.7 Å². The van der Waals surface area contributed by atoms with Gasteiger partial charge in [-0.25, -0.2) is 15.0 Å². The van der Waals surface area contributed by atoms with Gasteiger partial charge in [0.05, 0.1) is 26.2 Å². The van der Waals surface area contributed by atoms with E-state index in [0.717, 1.165) is 26.0 Å². The second-order valence-corrected chi connectivity index (χ2v) is 10.6. The van der Waals surface area contributed by atoms with Crippen LogP contribution in [0, 0.1) is 3.57 Å². The van der Waals surface area contributed by atoms with E-state index in [2.05, 4.69) is 49.2 Å². The Morgan fingerprint density at radius 3 is 2.67 bits per heavy atom. The van der Waals surface area contributed by atoms with Gasteiger partial charge in [-0.05, 0) is 58.0 Å². The molecule has 13 heteroatoms. The number of nitrogens with one attached hydrogen (secondary N) is 2. The van der Waals surface area contributed by atoms with E-state index < -0.39 is 31.1 Å². The molecule has 0 radical (unpaired) electrons. The highest BCUT2D eigenvalue weighted by Crippen LogP contribution is 2.35. The number of ether oxygens (including phenoxy) is 2. The summed E-state index contributed by atoms with van der Waals surface area (Å²) >= 11 is 2.27. The Hall–Kier alpha value is -3.63. The topological polar surface area (TPSA) is 163 Å². The fourth-order valence-corrected chi connectivity index (χ4v) is 5.33. The number of nitrogens with zero attached hydrogens (tertiary/aromatic N) is 5. The summed E-state index contributed by atoms with van der Waals surface area (Å²) in [6.07, 6.45) is -1.32. The Morgan fingerprint density at radius 1 is 1.12 bits per heavy atom. The summed E-state index contributed by atoms with van der Waals surface area (Å²) in [6, 6.07) is 15.7. The van der Waals surface area contributed by atoms with Crippen molar-refractivity contribution >= 4 is 39.6 Å². The van der Waals surface area contributed by atoms with E-state index in [0.29, 0.717) is 35.0 Å². The molecule has 6 rings (SSSR count). The SMILES string of the molecule is COc1ccc(-c2cn[nH]c2-c2nc(NCc3cccc(I)c3)c3ncn([C@@H]4O[C@H](CO)[C@@H](O)[C@H]4O)c3n2)cc1. The van der Waals surface area contributed by atoms with Crippen molar-refractivity contribution in [1.82, 2.24) is 29.7 Å². The Bertz CT molecular complexity index is 1640. The number of anilines is 1. The summed E-state index contributed by atoms with van der Waals surface area (Å²) in [5, 5.41) is 41.3. The van der Waals surface area contributed by atoms with Gasteiger partial charge in [-0.1, -0.05) is 24.3 Å². The van der Waals surface area contributed by atoms with Crippen LogP contribution in [0.2, 0.25) is 0 Å². The molecule has 1 aliphatic rings. The minimum Gasteiger partial charge on any atom is -0.497 e. The molecule has 5 aromatic rings. The predicted molar refractivity (Wildman–Crippen MR) is 154 cm³/mol. The quantitative estimate of drug-likeness (QED) is 0.157. The molecule has 0 amide bonds. The normalized spacial score (nSPS) is 20.7. The van der Waals surface area contributed by atoms with E-state index in [1.54, 1.807) is 17.9 Å². The maximum Gasteiger partial charge on any atom is 0.182 e. The highest BCUT2D eigenvalue weighted by Gasteiger charge is 2.44. The number of halogens is 1. The van der Waals surface area contributed by atoms with Crippen molar-refractivity contribution < 1.29 is 24.8 Å². The first-order valence-electron chi connectivity index (χ1n) is 12.5. The molecule has 4 atom stereocenters. The predicted octanol–water partition coefficient (Wildman–Crippen LogP) is 2.72. The number of imidazole rings is 1. The van der Waals surface area contributed by atoms with E-state index in [1.165, 1.54) is 6.33 Å². The number of hydrogen-bond acceptors (Lipinski definition) is 10. The van der Waals surface area contributed by atoms with Crippen LogP contribution in [-0.4, -0.2) is 77.1 Å². The van der Waals surface area contributed by atoms with Crippen molar-refractivity contribution in [3.63, 3.8) is 0 Å². The summed E-state index contributed by atoms with van der Waals surface area (Å²) in [7, 11) is 1.61. The number of aromatic amines is 1. The lowest BCUT2D eigenvalue weighted by Gasteiger charge is -2.17. The van der Waals surface area contributed by atoms with Crippen LogP contribution < -0.4 is 10.1 Å². The maximum absolute atomic E-state index is 10.7. The Labute approximate surface area is 242 Å². The molecule has 1 fully saturated rings. The van der Waals surface area contributed by atoms with E-state index in [4.69, 9.17) is 19.4 Å². The molecule has 1 aliphatic heterocycles. The lowest BCUT2D eigenvalue weighted by atomic mass is 10.1. The largest absolute Gasteiger partial charge is 0.497 e. The lowest BCUT2D eigenvalue weighted by Crippen LogP contribution is -2.33. The van der Waals surface area contributed by atoms with Gasteiger partial charge in [0.1, 0.15) is 29.8 Å². The number of H-pyrrole nitrogens is 1. The number of benzene rings is 2. The molecule has 0 bridgehead atoms. The summed E-state index contributed by atoms with van der Waals surface area (Å²) in [5.74, 6) is 1.55. The van der Waals surface area contributed by atoms with Gasteiger partial charge in [-0.3, -0.25) is 9.67 Å². The number of fused-ring (bicyclic) bond motifs is 1. The molecular weight excluding hydrogens is 629 g/mol. The molecule has 0 unspecified atom stereocenters. The van der Waals surface area contributed by atoms with Crippen LogP contribution in [-0.2, 0) is 11.3 Å². The molecule has 3 aromatic heterocycles. The maximum atomic E-state index is 10.7. The molecule has 1 saturated heterocycles. The molecule has 0 aliphatic carbocycles. The van der Waals surface area contributed by atoms with Crippen LogP contribution in [0.3, 0.4) is 0 Å². The lowest BCUT2D eigenvalue weighted by molar-refractivity contribution is -0.0511. The van der Waals surface area contributed by atoms with Gasteiger partial charge >= 0.3 is 0 Å². The van der Waals surface area contributed by atoms with E-state index in [1.807, 2.05) is 42.5 Å². The Kier molecular flexibility index (Phi) is 7.37. The molecular formula is C27H26IN7O5. The van der Waals surface area contributed by atoms with E-state index in [-0.39, 0.29) is 0 Å². The Morgan fingerprint density at radius 2 is 1.95 bits per heavy atom. The molecule has 4 heterocycles. The van der Waals surface area contributed by atoms with Gasteiger partial charge in [0.2, 0.25) is 0 Å². The van der Waals surface area contributed by atoms with Crippen LogP contribution in [0.4, 0.5) is 5.82 Å². The third-order valence-corrected chi connectivity index (χ3v) is 7.50. The molecule has 40 heavy (non-hydrogen) atoms. The molecule has 0 spiro atoms. The van der Waals surface area contributed by atoms with Crippen molar-refractivity contribution in [2.75, 3.05) is 19.0 Å². The first kappa shape index (κ1) is 26.6. The van der Waals surface area contributed by atoms with Gasteiger partial charge in [-0.2, -0.15) is 5.10 Å². The van der Waals surface area contributed by atoms with Crippen molar-refractivity contribution in [2.45, 2.75) is 31.1 Å². The number of hydrogen-bond donors (Lipinski definition) is 5. The molecule has 206 valence electrons. The number of methoxy groups -OCH3 is 1. The minimum atomic E-state index is -1.29. The van der Waals surface area contributed by atoms with Crippen LogP contribution in [0.25, 0.3) is 33.8 Å². The highest BCUT2D eigenvalue weighted by molar-refractivity contribution is 14.1. The van der Waals surface area contributed by atoms with Crippen LogP contribution in [0.5, 0.6) is 5.75 Å². The third kappa shape index (κ3) is 4.90. The number of aromatic nitrogens is 6. The first-order valence-corrected chi connectivity index (χ1v) is 13.6. The zero-order chi connectivity index (χ0) is 27.8. The third-order valence-electron chi connectivity index (χ3n) is 6.83. The van der Waals surface area contributed by atoms with Gasteiger partial charge in [0.25, 0.3) is 0 Å². The smallest absolute Gasteiger partial charge is 0.182 e. The van der Waals surface area contributed by atoms with Crippen LogP contribution in [0.15, 0.2) is 61.1 Å². The second kappa shape index (κ2) is 11.1. The standard InChI is InChI=1S/C27H26IN7O5/c1-39-17-7-5-15(6-8-17)18-11-31-34-20(18)25-32-24(29-10-14-3-2-4-16(28)9-14)21-26(33-25)35(13-30-21)27-23(38)22(37)19(12-36)40-27/h2-9,11,13,19,22-23,27,36-38H,10,12H2,1H3,(H,31,34)(H,29,32,33)/t19-,22-,23-,27-/m1/s1. The molecule has 2 aromatic carbocycles. The molecule has 5 N–H and O–H groups in total. The van der Waals surface area contributed by atoms with Crippen molar-refractivity contribution in [3.05, 3.63) is 70.2 Å². The monoisotopic (exact) mass is 655 g/mol. The first-order chi connectivity index (χ1) is 19.5. The van der Waals surface area contributed by atoms with Gasteiger partial charge in [-0.15, -0.1) is 0 Å².